The van der Waals surface area contributed by atoms with Crippen molar-refractivity contribution in [3.05, 3.63) is 28.6 Å². The number of aromatic nitrogens is 1. The molecular formula is C13H21NO12S4. The minimum atomic E-state index is -4.46. The minimum absolute atomic E-state index is 0.0129. The summed E-state index contributed by atoms with van der Waals surface area (Å²) in [5.41, 5.74) is 0.117. The molecule has 0 atom stereocenters. The van der Waals surface area contributed by atoms with Gasteiger partial charge in [0.15, 0.2) is 0 Å². The number of rotatable bonds is 12. The zero-order chi connectivity index (χ0) is 23.4. The van der Waals surface area contributed by atoms with Crippen LogP contribution in [0.4, 0.5) is 0 Å². The maximum atomic E-state index is 11.1. The lowest BCUT2D eigenvalue weighted by atomic mass is 9.98. The van der Waals surface area contributed by atoms with Gasteiger partial charge in [-0.3, -0.25) is 23.2 Å². The van der Waals surface area contributed by atoms with E-state index in [4.69, 9.17) is 18.2 Å². The molecular weight excluding hydrogens is 490 g/mol. The van der Waals surface area contributed by atoms with Crippen LogP contribution in [0.25, 0.3) is 0 Å². The first kappa shape index (κ1) is 26.8. The van der Waals surface area contributed by atoms with Crippen molar-refractivity contribution in [1.82, 2.24) is 4.98 Å². The molecule has 0 aliphatic carbocycles. The molecule has 0 bridgehead atoms. The summed E-state index contributed by atoms with van der Waals surface area (Å²) in [6.07, 6.45) is -1.53. The van der Waals surface area contributed by atoms with Crippen molar-refractivity contribution < 1.29 is 51.9 Å². The quantitative estimate of drug-likeness (QED) is 0.242. The van der Waals surface area contributed by atoms with Gasteiger partial charge < -0.3 is 0 Å². The Morgan fingerprint density at radius 1 is 0.600 bits per heavy atom. The van der Waals surface area contributed by atoms with E-state index in [-0.39, 0.29) is 35.4 Å². The first-order chi connectivity index (χ1) is 13.3. The topological polar surface area (TPSA) is 230 Å². The number of hydrogen-bond acceptors (Lipinski definition) is 9. The van der Waals surface area contributed by atoms with E-state index in [9.17, 15) is 33.7 Å². The van der Waals surface area contributed by atoms with Crippen LogP contribution in [0, 0.1) is 0 Å². The third-order valence-electron chi connectivity index (χ3n) is 3.81. The number of nitrogens with zero attached hydrogens (tertiary/aromatic N) is 1. The maximum Gasteiger partial charge on any atom is 0.265 e. The molecule has 0 amide bonds. The van der Waals surface area contributed by atoms with Gasteiger partial charge in [0.2, 0.25) is 0 Å². The van der Waals surface area contributed by atoms with Crippen LogP contribution in [0.1, 0.15) is 22.5 Å². The fraction of sp³-hybridized carbons (Fsp3) is 0.615. The van der Waals surface area contributed by atoms with Gasteiger partial charge in [-0.1, -0.05) is 0 Å². The highest BCUT2D eigenvalue weighted by molar-refractivity contribution is 7.86. The summed E-state index contributed by atoms with van der Waals surface area (Å²) in [5, 5.41) is 0. The highest BCUT2D eigenvalue weighted by atomic mass is 32.2. The lowest BCUT2D eigenvalue weighted by molar-refractivity contribution is 0.479. The van der Waals surface area contributed by atoms with E-state index in [0.717, 1.165) is 0 Å². The molecule has 1 heterocycles. The normalized spacial score (nSPS) is 13.5. The highest BCUT2D eigenvalue weighted by Gasteiger charge is 2.19. The molecule has 0 fully saturated rings. The van der Waals surface area contributed by atoms with Gasteiger partial charge in [-0.15, -0.1) is 0 Å². The Bertz CT molecular complexity index is 1130. The third-order valence-corrected chi connectivity index (χ3v) is 6.69. The van der Waals surface area contributed by atoms with Crippen LogP contribution in [-0.4, -0.2) is 79.9 Å². The van der Waals surface area contributed by atoms with Gasteiger partial charge in [0.05, 0.1) is 23.0 Å². The van der Waals surface area contributed by atoms with E-state index < -0.39 is 76.3 Å². The average Bonchev–Trinajstić information content (AvgIpc) is 2.52. The summed E-state index contributed by atoms with van der Waals surface area (Å²) in [5.74, 6) is -3.17. The van der Waals surface area contributed by atoms with Gasteiger partial charge in [-0.25, -0.2) is 0 Å². The van der Waals surface area contributed by atoms with Crippen molar-refractivity contribution in [2.45, 2.75) is 25.7 Å². The molecule has 174 valence electrons. The molecule has 0 unspecified atom stereocenters. The highest BCUT2D eigenvalue weighted by Crippen LogP contribution is 2.20. The van der Waals surface area contributed by atoms with E-state index in [2.05, 4.69) is 4.98 Å². The average molecular weight is 512 g/mol. The van der Waals surface area contributed by atoms with Crippen molar-refractivity contribution in [2.24, 2.45) is 0 Å². The fourth-order valence-electron chi connectivity index (χ4n) is 2.54. The van der Waals surface area contributed by atoms with Gasteiger partial charge in [-0.05, 0) is 30.0 Å². The second kappa shape index (κ2) is 9.94. The molecule has 1 rings (SSSR count). The van der Waals surface area contributed by atoms with Crippen LogP contribution >= 0.6 is 0 Å². The number of aryl methyl sites for hydroxylation is 3. The molecule has 0 radical (unpaired) electrons. The van der Waals surface area contributed by atoms with Crippen LogP contribution in [-0.2, 0) is 66.2 Å². The molecule has 0 spiro atoms. The zero-order valence-electron chi connectivity index (χ0n) is 15.4. The molecule has 1 aromatic rings. The molecule has 13 nitrogen and oxygen atoms in total. The Labute approximate surface area is 174 Å². The second-order valence-corrected chi connectivity index (χ2v) is 12.6. The summed E-state index contributed by atoms with van der Waals surface area (Å²) in [6, 6.07) is 1.23. The van der Waals surface area contributed by atoms with Crippen LogP contribution in [0.5, 0.6) is 0 Å². The summed E-state index contributed by atoms with van der Waals surface area (Å²) in [7, 11) is -17.7. The smallest absolute Gasteiger partial charge is 0.265 e. The van der Waals surface area contributed by atoms with Crippen molar-refractivity contribution in [1.29, 1.82) is 0 Å². The van der Waals surface area contributed by atoms with Crippen LogP contribution in [0.3, 0.4) is 0 Å². The molecule has 17 heteroatoms. The first-order valence-electron chi connectivity index (χ1n) is 8.16. The summed E-state index contributed by atoms with van der Waals surface area (Å²) in [4.78, 5) is 4.05. The van der Waals surface area contributed by atoms with Crippen LogP contribution in [0.15, 0.2) is 6.07 Å². The Morgan fingerprint density at radius 3 is 1.47 bits per heavy atom. The summed E-state index contributed by atoms with van der Waals surface area (Å²) >= 11 is 0. The van der Waals surface area contributed by atoms with E-state index in [1.807, 2.05) is 0 Å². The van der Waals surface area contributed by atoms with Crippen molar-refractivity contribution in [3.63, 3.8) is 0 Å². The Hall–Kier alpha value is -1.21. The zero-order valence-corrected chi connectivity index (χ0v) is 18.6. The lowest BCUT2D eigenvalue weighted by Crippen LogP contribution is -2.18. The van der Waals surface area contributed by atoms with Gasteiger partial charge in [0.25, 0.3) is 40.5 Å². The van der Waals surface area contributed by atoms with Crippen molar-refractivity contribution >= 4 is 40.5 Å². The molecule has 0 aliphatic rings. The van der Waals surface area contributed by atoms with Crippen LogP contribution < -0.4 is 0 Å². The Morgan fingerprint density at radius 2 is 1.00 bits per heavy atom. The van der Waals surface area contributed by atoms with Crippen LogP contribution in [0.2, 0.25) is 0 Å². The Balaban J connectivity index is 3.49. The number of hydrogen-bond donors (Lipinski definition) is 4. The summed E-state index contributed by atoms with van der Waals surface area (Å²) < 4.78 is 124. The molecule has 0 aliphatic heterocycles. The predicted octanol–water partition coefficient (Wildman–Crippen LogP) is -1.20. The standard InChI is InChI=1S/C13H21NO12S4/c15-27(16,17)5-1-10-9-11(2-6-28(18,19)20)14-13(4-8-30(24,25)26)12(10)3-7-29(21,22)23/h9H,1-8H2,(H,15,16,17)(H,18,19,20)(H,21,22,23)(H,24,25,26). The van der Waals surface area contributed by atoms with E-state index in [0.29, 0.717) is 0 Å². The van der Waals surface area contributed by atoms with E-state index >= 15 is 0 Å². The molecule has 1 aromatic heterocycles. The largest absolute Gasteiger partial charge is 0.286 e. The van der Waals surface area contributed by atoms with Gasteiger partial charge in [0.1, 0.15) is 0 Å². The van der Waals surface area contributed by atoms with E-state index in [1.165, 1.54) is 6.07 Å². The molecule has 0 aromatic carbocycles. The summed E-state index contributed by atoms with van der Waals surface area (Å²) in [6.45, 7) is 0. The molecule has 4 N–H and O–H groups in total. The predicted molar refractivity (Wildman–Crippen MR) is 105 cm³/mol. The fourth-order valence-corrected chi connectivity index (χ4v) is 4.40. The second-order valence-electron chi connectivity index (χ2n) is 6.34. The van der Waals surface area contributed by atoms with Crippen molar-refractivity contribution in [2.75, 3.05) is 23.0 Å². The van der Waals surface area contributed by atoms with Crippen molar-refractivity contribution in [3.8, 4) is 0 Å². The van der Waals surface area contributed by atoms with Gasteiger partial charge in [-0.2, -0.15) is 33.7 Å². The minimum Gasteiger partial charge on any atom is -0.286 e. The first-order valence-corrected chi connectivity index (χ1v) is 14.6. The Kier molecular flexibility index (Phi) is 8.89. The maximum absolute atomic E-state index is 11.1. The third kappa shape index (κ3) is 11.8. The number of pyridine rings is 1. The molecule has 0 saturated heterocycles. The monoisotopic (exact) mass is 511 g/mol. The van der Waals surface area contributed by atoms with Gasteiger partial charge in [0, 0.05) is 24.2 Å². The molecule has 0 saturated carbocycles. The molecule has 30 heavy (non-hydrogen) atoms. The SMILES string of the molecule is O=S(=O)(O)CCc1cc(CCS(=O)(=O)O)c(CCS(=O)(=O)O)c(CCS(=O)(=O)O)n1. The lowest BCUT2D eigenvalue weighted by Gasteiger charge is -2.16. The van der Waals surface area contributed by atoms with E-state index in [1.54, 1.807) is 0 Å². The van der Waals surface area contributed by atoms with Gasteiger partial charge >= 0.3 is 0 Å².